The molecule has 0 saturated carbocycles. The Morgan fingerprint density at radius 1 is 1.00 bits per heavy atom. The smallest absolute Gasteiger partial charge is 0.258 e. The Kier molecular flexibility index (Phi) is 5.12. The van der Waals surface area contributed by atoms with E-state index in [9.17, 15) is 14.0 Å². The van der Waals surface area contributed by atoms with Gasteiger partial charge >= 0.3 is 0 Å². The SMILES string of the molecule is CC1Cc2ccccc2N1C(=O)c1cccc(C(=O)NCc2ccc(F)cc2)c1. The van der Waals surface area contributed by atoms with Crippen molar-refractivity contribution in [3.8, 4) is 0 Å². The van der Waals surface area contributed by atoms with E-state index in [-0.39, 0.29) is 30.2 Å². The van der Waals surface area contributed by atoms with Gasteiger partial charge in [-0.05, 0) is 60.9 Å². The van der Waals surface area contributed by atoms with Crippen LogP contribution in [0.25, 0.3) is 0 Å². The second-order valence-corrected chi connectivity index (χ2v) is 7.25. The first-order chi connectivity index (χ1) is 14.0. The minimum atomic E-state index is -0.316. The summed E-state index contributed by atoms with van der Waals surface area (Å²) in [5.74, 6) is -0.710. The van der Waals surface area contributed by atoms with Gasteiger partial charge in [-0.3, -0.25) is 9.59 Å². The quantitative estimate of drug-likeness (QED) is 0.723. The van der Waals surface area contributed by atoms with Crippen molar-refractivity contribution in [1.29, 1.82) is 0 Å². The lowest BCUT2D eigenvalue weighted by Crippen LogP contribution is -2.35. The Balaban J connectivity index is 1.50. The summed E-state index contributed by atoms with van der Waals surface area (Å²) >= 11 is 0. The summed E-state index contributed by atoms with van der Waals surface area (Å²) in [7, 11) is 0. The maximum absolute atomic E-state index is 13.2. The number of anilines is 1. The normalized spacial score (nSPS) is 15.1. The zero-order chi connectivity index (χ0) is 20.4. The highest BCUT2D eigenvalue weighted by atomic mass is 19.1. The standard InChI is InChI=1S/C24H21FN2O2/c1-16-13-18-5-2-3-8-22(18)27(16)24(29)20-7-4-6-19(14-20)23(28)26-15-17-9-11-21(25)12-10-17/h2-12,14,16H,13,15H2,1H3,(H,26,28). The van der Waals surface area contributed by atoms with Crippen LogP contribution < -0.4 is 10.2 Å². The van der Waals surface area contributed by atoms with Gasteiger partial charge in [-0.15, -0.1) is 0 Å². The molecule has 0 radical (unpaired) electrons. The molecular weight excluding hydrogens is 367 g/mol. The predicted octanol–water partition coefficient (Wildman–Crippen LogP) is 4.35. The maximum atomic E-state index is 13.2. The molecule has 4 nitrogen and oxygen atoms in total. The summed E-state index contributed by atoms with van der Waals surface area (Å²) in [4.78, 5) is 27.5. The van der Waals surface area contributed by atoms with Gasteiger partial charge in [0.1, 0.15) is 5.82 Å². The average Bonchev–Trinajstić information content (AvgIpc) is 3.08. The first-order valence-electron chi connectivity index (χ1n) is 9.57. The molecular formula is C24H21FN2O2. The van der Waals surface area contributed by atoms with Crippen molar-refractivity contribution in [1.82, 2.24) is 5.32 Å². The molecule has 0 fully saturated rings. The van der Waals surface area contributed by atoms with Crippen LogP contribution in [0.2, 0.25) is 0 Å². The van der Waals surface area contributed by atoms with Crippen molar-refractivity contribution < 1.29 is 14.0 Å². The predicted molar refractivity (Wildman–Crippen MR) is 110 cm³/mol. The average molecular weight is 388 g/mol. The number of amides is 2. The number of carbonyl (C=O) groups excluding carboxylic acids is 2. The summed E-state index contributed by atoms with van der Waals surface area (Å²) in [6, 6.07) is 20.7. The fraction of sp³-hybridized carbons (Fsp3) is 0.167. The molecule has 3 aromatic rings. The van der Waals surface area contributed by atoms with Crippen LogP contribution in [0.5, 0.6) is 0 Å². The molecule has 0 spiro atoms. The highest BCUT2D eigenvalue weighted by Crippen LogP contribution is 2.33. The summed E-state index contributed by atoms with van der Waals surface area (Å²) in [5.41, 5.74) is 3.77. The van der Waals surface area contributed by atoms with Crippen LogP contribution in [0.1, 0.15) is 38.8 Å². The Bertz CT molecular complexity index is 1060. The van der Waals surface area contributed by atoms with E-state index in [1.807, 2.05) is 31.2 Å². The molecule has 3 aromatic carbocycles. The molecule has 0 saturated heterocycles. The molecule has 1 N–H and O–H groups in total. The number of carbonyl (C=O) groups is 2. The number of fused-ring (bicyclic) bond motifs is 1. The highest BCUT2D eigenvalue weighted by Gasteiger charge is 2.31. The Labute approximate surface area is 169 Å². The van der Waals surface area contributed by atoms with Crippen molar-refractivity contribution in [3.63, 3.8) is 0 Å². The zero-order valence-corrected chi connectivity index (χ0v) is 16.1. The number of hydrogen-bond donors (Lipinski definition) is 1. The third-order valence-electron chi connectivity index (χ3n) is 5.16. The van der Waals surface area contributed by atoms with Gasteiger partial charge in [-0.25, -0.2) is 4.39 Å². The molecule has 0 aromatic heterocycles. The third-order valence-corrected chi connectivity index (χ3v) is 5.16. The Morgan fingerprint density at radius 2 is 1.72 bits per heavy atom. The van der Waals surface area contributed by atoms with Crippen molar-refractivity contribution in [2.45, 2.75) is 25.9 Å². The highest BCUT2D eigenvalue weighted by molar-refractivity contribution is 6.09. The van der Waals surface area contributed by atoms with Gasteiger partial charge in [0.25, 0.3) is 11.8 Å². The second-order valence-electron chi connectivity index (χ2n) is 7.25. The van der Waals surface area contributed by atoms with E-state index in [0.29, 0.717) is 11.1 Å². The number of rotatable bonds is 4. The number of benzene rings is 3. The lowest BCUT2D eigenvalue weighted by Gasteiger charge is -2.23. The van der Waals surface area contributed by atoms with Gasteiger partial charge in [0.2, 0.25) is 0 Å². The molecule has 0 bridgehead atoms. The first kappa shape index (κ1) is 18.9. The minimum Gasteiger partial charge on any atom is -0.348 e. The van der Waals surface area contributed by atoms with Gasteiger partial charge in [0.15, 0.2) is 0 Å². The van der Waals surface area contributed by atoms with Crippen LogP contribution in [0.3, 0.4) is 0 Å². The summed E-state index contributed by atoms with van der Waals surface area (Å²) in [5, 5.41) is 2.81. The number of para-hydroxylation sites is 1. The van der Waals surface area contributed by atoms with Crippen molar-refractivity contribution >= 4 is 17.5 Å². The van der Waals surface area contributed by atoms with Gasteiger partial charge < -0.3 is 10.2 Å². The number of nitrogens with one attached hydrogen (secondary N) is 1. The summed E-state index contributed by atoms with van der Waals surface area (Å²) in [6.07, 6.45) is 0.819. The van der Waals surface area contributed by atoms with Crippen LogP contribution in [0.15, 0.2) is 72.8 Å². The fourth-order valence-electron chi connectivity index (χ4n) is 3.69. The number of nitrogens with zero attached hydrogens (tertiary/aromatic N) is 1. The second kappa shape index (κ2) is 7.87. The Morgan fingerprint density at radius 3 is 2.52 bits per heavy atom. The molecule has 1 aliphatic rings. The van der Waals surface area contributed by atoms with E-state index in [4.69, 9.17) is 0 Å². The molecule has 1 atom stereocenters. The first-order valence-corrected chi connectivity index (χ1v) is 9.57. The van der Waals surface area contributed by atoms with Crippen LogP contribution in [-0.2, 0) is 13.0 Å². The topological polar surface area (TPSA) is 49.4 Å². The van der Waals surface area contributed by atoms with Crippen molar-refractivity contribution in [3.05, 3.63) is 101 Å². The third kappa shape index (κ3) is 3.90. The minimum absolute atomic E-state index is 0.0656. The monoisotopic (exact) mass is 388 g/mol. The molecule has 1 aliphatic heterocycles. The summed E-state index contributed by atoms with van der Waals surface area (Å²) in [6.45, 7) is 2.31. The molecule has 1 unspecified atom stereocenters. The zero-order valence-electron chi connectivity index (χ0n) is 16.1. The molecule has 4 rings (SSSR count). The van der Waals surface area contributed by atoms with E-state index >= 15 is 0 Å². The van der Waals surface area contributed by atoms with Crippen LogP contribution in [0.4, 0.5) is 10.1 Å². The maximum Gasteiger partial charge on any atom is 0.258 e. The van der Waals surface area contributed by atoms with Crippen LogP contribution >= 0.6 is 0 Å². The van der Waals surface area contributed by atoms with E-state index in [2.05, 4.69) is 5.32 Å². The molecule has 2 amide bonds. The van der Waals surface area contributed by atoms with Gasteiger partial charge in [-0.2, -0.15) is 0 Å². The van der Waals surface area contributed by atoms with E-state index < -0.39 is 0 Å². The van der Waals surface area contributed by atoms with Crippen LogP contribution in [-0.4, -0.2) is 17.9 Å². The number of halogens is 1. The lowest BCUT2D eigenvalue weighted by molar-refractivity contribution is 0.0951. The van der Waals surface area contributed by atoms with E-state index in [1.54, 1.807) is 41.3 Å². The molecule has 146 valence electrons. The molecule has 29 heavy (non-hydrogen) atoms. The van der Waals surface area contributed by atoms with Gasteiger partial charge in [-0.1, -0.05) is 36.4 Å². The molecule has 5 heteroatoms. The van der Waals surface area contributed by atoms with Crippen molar-refractivity contribution in [2.24, 2.45) is 0 Å². The van der Waals surface area contributed by atoms with E-state index in [0.717, 1.165) is 23.2 Å². The number of hydrogen-bond acceptors (Lipinski definition) is 2. The largest absolute Gasteiger partial charge is 0.348 e. The lowest BCUT2D eigenvalue weighted by atomic mass is 10.1. The van der Waals surface area contributed by atoms with Gasteiger partial charge in [0, 0.05) is 29.4 Å². The molecule has 1 heterocycles. The fourth-order valence-corrected chi connectivity index (χ4v) is 3.69. The van der Waals surface area contributed by atoms with Crippen molar-refractivity contribution in [2.75, 3.05) is 4.90 Å². The Hall–Kier alpha value is -3.47. The van der Waals surface area contributed by atoms with Gasteiger partial charge in [0.05, 0.1) is 0 Å². The summed E-state index contributed by atoms with van der Waals surface area (Å²) < 4.78 is 13.0. The van der Waals surface area contributed by atoms with Crippen LogP contribution in [0, 0.1) is 5.82 Å². The molecule has 0 aliphatic carbocycles. The van der Waals surface area contributed by atoms with E-state index in [1.165, 1.54) is 12.1 Å².